The van der Waals surface area contributed by atoms with Gasteiger partial charge in [-0.3, -0.25) is 4.79 Å². The molecule has 17 heavy (non-hydrogen) atoms. The van der Waals surface area contributed by atoms with Crippen LogP contribution in [0.4, 0.5) is 8.78 Å². The van der Waals surface area contributed by atoms with Gasteiger partial charge in [-0.1, -0.05) is 11.6 Å². The second-order valence-electron chi connectivity index (χ2n) is 3.75. The smallest absolute Gasteiger partial charge is 0.217 e. The topological polar surface area (TPSA) is 69.1 Å². The van der Waals surface area contributed by atoms with Crippen molar-refractivity contribution in [3.8, 4) is 0 Å². The average Bonchev–Trinajstić information content (AvgIpc) is 2.22. The number of carbonyl (C=O) groups excluding carboxylic acids is 1. The molecule has 94 valence electrons. The lowest BCUT2D eigenvalue weighted by molar-refractivity contribution is -0.118. The maximum atomic E-state index is 13.0. The number of carbonyl (C=O) groups is 1. The number of hydrogen-bond donors (Lipinski definition) is 2. The predicted molar refractivity (Wildman–Crippen MR) is 61.3 cm³/mol. The minimum absolute atomic E-state index is 0.0791. The minimum atomic E-state index is -1.01. The van der Waals surface area contributed by atoms with Crippen molar-refractivity contribution in [3.05, 3.63) is 34.4 Å². The van der Waals surface area contributed by atoms with E-state index in [-0.39, 0.29) is 11.4 Å². The summed E-state index contributed by atoms with van der Waals surface area (Å²) in [6.45, 7) is 0. The largest absolute Gasteiger partial charge is 0.370 e. The molecule has 0 saturated heterocycles. The molecule has 0 aliphatic rings. The van der Waals surface area contributed by atoms with E-state index in [1.807, 2.05) is 0 Å². The second kappa shape index (κ2) is 5.93. The van der Waals surface area contributed by atoms with Gasteiger partial charge < -0.3 is 11.5 Å². The van der Waals surface area contributed by atoms with Crippen LogP contribution in [0.2, 0.25) is 5.02 Å². The van der Waals surface area contributed by atoms with Gasteiger partial charge in [0.25, 0.3) is 0 Å². The predicted octanol–water partition coefficient (Wildman–Crippen LogP) is 2.27. The second-order valence-corrected chi connectivity index (χ2v) is 4.16. The van der Waals surface area contributed by atoms with Crippen molar-refractivity contribution in [1.82, 2.24) is 0 Å². The fraction of sp³-hybridized carbons (Fsp3) is 0.364. The number of primary amides is 1. The van der Waals surface area contributed by atoms with Crippen LogP contribution in [0.1, 0.15) is 30.9 Å². The maximum absolute atomic E-state index is 13.0. The Bertz CT molecular complexity index is 426. The van der Waals surface area contributed by atoms with Gasteiger partial charge in [0.1, 0.15) is 0 Å². The molecule has 3 nitrogen and oxygen atoms in total. The molecular formula is C11H13ClF2N2O. The van der Waals surface area contributed by atoms with Crippen LogP contribution in [0, 0.1) is 11.6 Å². The molecule has 1 rings (SSSR count). The monoisotopic (exact) mass is 262 g/mol. The number of nitrogens with two attached hydrogens (primary N) is 2. The van der Waals surface area contributed by atoms with Crippen LogP contribution in [0.25, 0.3) is 0 Å². The van der Waals surface area contributed by atoms with Crippen molar-refractivity contribution < 1.29 is 13.6 Å². The molecule has 0 heterocycles. The third kappa shape index (κ3) is 3.94. The Balaban J connectivity index is 2.71. The molecule has 6 heteroatoms. The van der Waals surface area contributed by atoms with E-state index in [1.165, 1.54) is 0 Å². The van der Waals surface area contributed by atoms with Crippen LogP contribution < -0.4 is 11.5 Å². The highest BCUT2D eigenvalue weighted by Gasteiger charge is 2.14. The van der Waals surface area contributed by atoms with Gasteiger partial charge in [-0.25, -0.2) is 8.78 Å². The molecule has 0 aliphatic carbocycles. The summed E-state index contributed by atoms with van der Waals surface area (Å²) >= 11 is 5.76. The first-order chi connectivity index (χ1) is 7.91. The molecule has 1 unspecified atom stereocenters. The normalized spacial score (nSPS) is 12.5. The van der Waals surface area contributed by atoms with E-state index in [4.69, 9.17) is 23.1 Å². The van der Waals surface area contributed by atoms with Crippen molar-refractivity contribution in [2.75, 3.05) is 0 Å². The van der Waals surface area contributed by atoms with Gasteiger partial charge in [-0.15, -0.1) is 0 Å². The van der Waals surface area contributed by atoms with E-state index in [0.29, 0.717) is 18.4 Å². The summed E-state index contributed by atoms with van der Waals surface area (Å²) < 4.78 is 25.8. The minimum Gasteiger partial charge on any atom is -0.370 e. The van der Waals surface area contributed by atoms with Crippen LogP contribution in [0.5, 0.6) is 0 Å². The molecule has 1 aromatic carbocycles. The average molecular weight is 263 g/mol. The summed E-state index contributed by atoms with van der Waals surface area (Å²) in [4.78, 5) is 10.5. The van der Waals surface area contributed by atoms with Gasteiger partial charge in [-0.2, -0.15) is 0 Å². The Hall–Kier alpha value is -1.20. The van der Waals surface area contributed by atoms with E-state index in [1.54, 1.807) is 0 Å². The first-order valence-electron chi connectivity index (χ1n) is 5.10. The highest BCUT2D eigenvalue weighted by Crippen LogP contribution is 2.27. The first-order valence-corrected chi connectivity index (χ1v) is 5.48. The standard InChI is InChI=1S/C11H13ClF2N2O/c12-7-5-9(14)8(13)4-6(7)10(15)2-1-3-11(16)17/h4-5,10H,1-3,15H2,(H2,16,17). The fourth-order valence-corrected chi connectivity index (χ4v) is 1.76. The lowest BCUT2D eigenvalue weighted by atomic mass is 10.0. The van der Waals surface area contributed by atoms with Crippen molar-refractivity contribution in [2.24, 2.45) is 11.5 Å². The number of hydrogen-bond acceptors (Lipinski definition) is 2. The fourth-order valence-electron chi connectivity index (χ4n) is 1.47. The van der Waals surface area contributed by atoms with Crippen molar-refractivity contribution in [2.45, 2.75) is 25.3 Å². The molecule has 0 aromatic heterocycles. The zero-order chi connectivity index (χ0) is 13.0. The lowest BCUT2D eigenvalue weighted by Gasteiger charge is -2.13. The van der Waals surface area contributed by atoms with Gasteiger partial charge >= 0.3 is 0 Å². The van der Waals surface area contributed by atoms with Gasteiger partial charge in [0, 0.05) is 17.5 Å². The van der Waals surface area contributed by atoms with Crippen molar-refractivity contribution in [1.29, 1.82) is 0 Å². The first kappa shape index (κ1) is 13.9. The summed E-state index contributed by atoms with van der Waals surface area (Å²) in [5.41, 5.74) is 11.1. The van der Waals surface area contributed by atoms with Crippen LogP contribution in [0.15, 0.2) is 12.1 Å². The number of rotatable bonds is 5. The van der Waals surface area contributed by atoms with E-state index in [2.05, 4.69) is 0 Å². The van der Waals surface area contributed by atoms with Gasteiger partial charge in [-0.05, 0) is 30.5 Å². The van der Waals surface area contributed by atoms with Crippen LogP contribution in [-0.2, 0) is 4.79 Å². The van der Waals surface area contributed by atoms with Crippen LogP contribution in [0.3, 0.4) is 0 Å². The molecule has 0 bridgehead atoms. The van der Waals surface area contributed by atoms with Crippen molar-refractivity contribution >= 4 is 17.5 Å². The van der Waals surface area contributed by atoms with Gasteiger partial charge in [0.2, 0.25) is 5.91 Å². The van der Waals surface area contributed by atoms with E-state index < -0.39 is 23.6 Å². The molecule has 0 spiro atoms. The number of halogens is 3. The molecule has 1 atom stereocenters. The Kier molecular flexibility index (Phi) is 4.84. The number of amides is 1. The maximum Gasteiger partial charge on any atom is 0.217 e. The van der Waals surface area contributed by atoms with E-state index in [9.17, 15) is 13.6 Å². The van der Waals surface area contributed by atoms with E-state index >= 15 is 0 Å². The number of benzene rings is 1. The SMILES string of the molecule is NC(=O)CCCC(N)c1cc(F)c(F)cc1Cl. The van der Waals surface area contributed by atoms with Crippen molar-refractivity contribution in [3.63, 3.8) is 0 Å². The molecule has 0 aliphatic heterocycles. The molecule has 0 radical (unpaired) electrons. The summed E-state index contributed by atoms with van der Waals surface area (Å²) in [7, 11) is 0. The summed E-state index contributed by atoms with van der Waals surface area (Å²) in [5, 5.41) is 0.0791. The summed E-state index contributed by atoms with van der Waals surface area (Å²) in [6.07, 6.45) is 1.11. The van der Waals surface area contributed by atoms with Crippen LogP contribution >= 0.6 is 11.6 Å². The molecule has 4 N–H and O–H groups in total. The lowest BCUT2D eigenvalue weighted by Crippen LogP contribution is -2.14. The van der Waals surface area contributed by atoms with E-state index in [0.717, 1.165) is 12.1 Å². The highest BCUT2D eigenvalue weighted by atomic mass is 35.5. The Labute approximate surface area is 103 Å². The third-order valence-electron chi connectivity index (χ3n) is 2.38. The molecular weight excluding hydrogens is 250 g/mol. The molecule has 0 fully saturated rings. The molecule has 0 saturated carbocycles. The van der Waals surface area contributed by atoms with Gasteiger partial charge in [0.05, 0.1) is 0 Å². The zero-order valence-corrected chi connectivity index (χ0v) is 9.81. The van der Waals surface area contributed by atoms with Crippen LogP contribution in [-0.4, -0.2) is 5.91 Å². The summed E-state index contributed by atoms with van der Waals surface area (Å²) in [6, 6.07) is 1.32. The Morgan fingerprint density at radius 2 is 1.94 bits per heavy atom. The van der Waals surface area contributed by atoms with Gasteiger partial charge in [0.15, 0.2) is 11.6 Å². The third-order valence-corrected chi connectivity index (χ3v) is 2.70. The molecule has 1 aromatic rings. The quantitative estimate of drug-likeness (QED) is 0.799. The highest BCUT2D eigenvalue weighted by molar-refractivity contribution is 6.31. The molecule has 1 amide bonds. The zero-order valence-electron chi connectivity index (χ0n) is 9.05. The Morgan fingerprint density at radius 1 is 1.35 bits per heavy atom. The summed E-state index contributed by atoms with van der Waals surface area (Å²) in [5.74, 6) is -2.42. The Morgan fingerprint density at radius 3 is 2.53 bits per heavy atom.